The predicted octanol–water partition coefficient (Wildman–Crippen LogP) is 3.82. The van der Waals surface area contributed by atoms with E-state index >= 15 is 0 Å². The highest BCUT2D eigenvalue weighted by atomic mass is 79.9. The van der Waals surface area contributed by atoms with Gasteiger partial charge in [0, 0.05) is 16.7 Å². The number of amides is 1. The van der Waals surface area contributed by atoms with Gasteiger partial charge in [-0.3, -0.25) is 4.79 Å². The summed E-state index contributed by atoms with van der Waals surface area (Å²) in [7, 11) is 0. The number of nitrogens with one attached hydrogen (secondary N) is 2. The van der Waals surface area contributed by atoms with Crippen molar-refractivity contribution in [1.29, 1.82) is 0 Å². The van der Waals surface area contributed by atoms with Gasteiger partial charge in [0.25, 0.3) is 0 Å². The normalized spacial score (nSPS) is 22.5. The number of halogens is 2. The average Bonchev–Trinajstić information content (AvgIpc) is 2.84. The molecule has 1 aromatic rings. The second-order valence-electron chi connectivity index (χ2n) is 5.04. The first-order chi connectivity index (χ1) is 9.07. The molecular formula is C14H18BrClN2O. The quantitative estimate of drug-likeness (QED) is 0.871. The first kappa shape index (κ1) is 14.8. The van der Waals surface area contributed by atoms with Crippen molar-refractivity contribution in [2.45, 2.75) is 26.2 Å². The average molecular weight is 346 g/mol. The van der Waals surface area contributed by atoms with Gasteiger partial charge in [0.05, 0.1) is 10.4 Å². The van der Waals surface area contributed by atoms with E-state index in [-0.39, 0.29) is 11.3 Å². The van der Waals surface area contributed by atoms with Crippen LogP contribution in [0, 0.1) is 5.41 Å². The van der Waals surface area contributed by atoms with Crippen LogP contribution in [0.15, 0.2) is 22.7 Å². The third kappa shape index (κ3) is 3.30. The molecule has 1 heterocycles. The van der Waals surface area contributed by atoms with E-state index in [1.54, 1.807) is 6.07 Å². The summed E-state index contributed by atoms with van der Waals surface area (Å²) in [5.74, 6) is 0.0951. The number of rotatable bonds is 4. The molecule has 0 aromatic heterocycles. The van der Waals surface area contributed by atoms with Crippen molar-refractivity contribution < 1.29 is 4.79 Å². The van der Waals surface area contributed by atoms with Gasteiger partial charge in [0.1, 0.15) is 0 Å². The fraction of sp³-hybridized carbons (Fsp3) is 0.500. The minimum absolute atomic E-state index is 0.0951. The van der Waals surface area contributed by atoms with E-state index in [0.29, 0.717) is 5.02 Å². The molecule has 0 bridgehead atoms. The molecule has 3 nitrogen and oxygen atoms in total. The Morgan fingerprint density at radius 1 is 1.58 bits per heavy atom. The summed E-state index contributed by atoms with van der Waals surface area (Å²) < 4.78 is 0.831. The molecule has 1 fully saturated rings. The van der Waals surface area contributed by atoms with Crippen LogP contribution in [0.2, 0.25) is 5.02 Å². The van der Waals surface area contributed by atoms with E-state index in [1.165, 1.54) is 0 Å². The van der Waals surface area contributed by atoms with Crippen molar-refractivity contribution in [1.82, 2.24) is 5.32 Å². The van der Waals surface area contributed by atoms with E-state index < -0.39 is 0 Å². The minimum Gasteiger partial charge on any atom is -0.326 e. The van der Waals surface area contributed by atoms with Gasteiger partial charge in [-0.1, -0.05) is 24.9 Å². The molecule has 1 aromatic carbocycles. The third-order valence-corrected chi connectivity index (χ3v) is 4.86. The Morgan fingerprint density at radius 2 is 2.37 bits per heavy atom. The van der Waals surface area contributed by atoms with Crippen LogP contribution in [-0.2, 0) is 4.79 Å². The zero-order chi connectivity index (χ0) is 13.9. The molecule has 1 amide bonds. The van der Waals surface area contributed by atoms with Crippen LogP contribution in [0.25, 0.3) is 0 Å². The van der Waals surface area contributed by atoms with Crippen LogP contribution < -0.4 is 10.6 Å². The van der Waals surface area contributed by atoms with Crippen molar-refractivity contribution in [2.24, 2.45) is 5.41 Å². The topological polar surface area (TPSA) is 41.1 Å². The monoisotopic (exact) mass is 344 g/mol. The molecule has 1 atom stereocenters. The standard InChI is InChI=1S/C14H18BrClN2O/c1-2-5-14(6-7-17-9-14)13(19)18-10-3-4-11(15)12(16)8-10/h3-4,8,17H,2,5-7,9H2,1H3,(H,18,19). The summed E-state index contributed by atoms with van der Waals surface area (Å²) in [5, 5.41) is 6.89. The fourth-order valence-electron chi connectivity index (χ4n) is 2.58. The molecule has 0 spiro atoms. The van der Waals surface area contributed by atoms with Crippen molar-refractivity contribution in [2.75, 3.05) is 18.4 Å². The van der Waals surface area contributed by atoms with Crippen molar-refractivity contribution in [3.63, 3.8) is 0 Å². The van der Waals surface area contributed by atoms with Crippen molar-refractivity contribution in [3.05, 3.63) is 27.7 Å². The number of anilines is 1. The predicted molar refractivity (Wildman–Crippen MR) is 82.6 cm³/mol. The Kier molecular flexibility index (Phi) is 4.87. The van der Waals surface area contributed by atoms with Crippen LogP contribution in [0.3, 0.4) is 0 Å². The molecule has 1 unspecified atom stereocenters. The Morgan fingerprint density at radius 3 is 2.95 bits per heavy atom. The molecule has 19 heavy (non-hydrogen) atoms. The number of carbonyl (C=O) groups excluding carboxylic acids is 1. The Balaban J connectivity index is 2.12. The molecule has 2 N–H and O–H groups in total. The van der Waals surface area contributed by atoms with E-state index in [4.69, 9.17) is 11.6 Å². The lowest BCUT2D eigenvalue weighted by atomic mass is 9.81. The lowest BCUT2D eigenvalue weighted by Crippen LogP contribution is -2.38. The van der Waals surface area contributed by atoms with Crippen molar-refractivity contribution >= 4 is 39.1 Å². The SMILES string of the molecule is CCCC1(C(=O)Nc2ccc(Br)c(Cl)c2)CCNC1. The summed E-state index contributed by atoms with van der Waals surface area (Å²) in [6, 6.07) is 5.47. The largest absolute Gasteiger partial charge is 0.326 e. The Hall–Kier alpha value is -0.580. The zero-order valence-corrected chi connectivity index (χ0v) is 13.3. The second-order valence-corrected chi connectivity index (χ2v) is 6.30. The second kappa shape index (κ2) is 6.25. The molecular weight excluding hydrogens is 328 g/mol. The van der Waals surface area contributed by atoms with Gasteiger partial charge in [0.15, 0.2) is 0 Å². The summed E-state index contributed by atoms with van der Waals surface area (Å²) in [6.07, 6.45) is 2.82. The maximum absolute atomic E-state index is 12.5. The molecule has 1 saturated heterocycles. The van der Waals surface area contributed by atoms with Crippen LogP contribution in [0.5, 0.6) is 0 Å². The van der Waals surface area contributed by atoms with Crippen LogP contribution in [-0.4, -0.2) is 19.0 Å². The van der Waals surface area contributed by atoms with Gasteiger partial charge in [-0.05, 0) is 53.5 Å². The van der Waals surface area contributed by atoms with E-state index in [2.05, 4.69) is 33.5 Å². The van der Waals surface area contributed by atoms with Gasteiger partial charge in [0.2, 0.25) is 5.91 Å². The maximum atomic E-state index is 12.5. The summed E-state index contributed by atoms with van der Waals surface area (Å²) in [4.78, 5) is 12.5. The molecule has 0 radical (unpaired) electrons. The van der Waals surface area contributed by atoms with Gasteiger partial charge in [-0.25, -0.2) is 0 Å². The Bertz CT molecular complexity index is 473. The van der Waals surface area contributed by atoms with Gasteiger partial charge >= 0.3 is 0 Å². The van der Waals surface area contributed by atoms with Gasteiger partial charge in [-0.15, -0.1) is 0 Å². The highest BCUT2D eigenvalue weighted by Crippen LogP contribution is 2.33. The fourth-order valence-corrected chi connectivity index (χ4v) is 3.01. The van der Waals surface area contributed by atoms with Gasteiger partial charge in [-0.2, -0.15) is 0 Å². The highest BCUT2D eigenvalue weighted by Gasteiger charge is 2.40. The third-order valence-electron chi connectivity index (χ3n) is 3.63. The highest BCUT2D eigenvalue weighted by molar-refractivity contribution is 9.10. The van der Waals surface area contributed by atoms with Gasteiger partial charge < -0.3 is 10.6 Å². The van der Waals surface area contributed by atoms with Crippen molar-refractivity contribution in [3.8, 4) is 0 Å². The summed E-state index contributed by atoms with van der Waals surface area (Å²) >= 11 is 9.38. The van der Waals surface area contributed by atoms with E-state index in [0.717, 1.165) is 42.5 Å². The van der Waals surface area contributed by atoms with Crippen LogP contribution >= 0.6 is 27.5 Å². The van der Waals surface area contributed by atoms with Crippen LogP contribution in [0.1, 0.15) is 26.2 Å². The lowest BCUT2D eigenvalue weighted by molar-refractivity contribution is -0.125. The summed E-state index contributed by atoms with van der Waals surface area (Å²) in [5.41, 5.74) is 0.481. The molecule has 1 aliphatic rings. The number of carbonyl (C=O) groups is 1. The summed E-state index contributed by atoms with van der Waals surface area (Å²) in [6.45, 7) is 3.79. The first-order valence-corrected chi connectivity index (χ1v) is 7.72. The number of hydrogen-bond donors (Lipinski definition) is 2. The molecule has 1 aliphatic heterocycles. The van der Waals surface area contributed by atoms with Crippen LogP contribution in [0.4, 0.5) is 5.69 Å². The van der Waals surface area contributed by atoms with E-state index in [1.807, 2.05) is 12.1 Å². The molecule has 5 heteroatoms. The maximum Gasteiger partial charge on any atom is 0.231 e. The smallest absolute Gasteiger partial charge is 0.231 e. The Labute approximate surface area is 127 Å². The molecule has 0 saturated carbocycles. The first-order valence-electron chi connectivity index (χ1n) is 6.54. The minimum atomic E-state index is -0.270. The molecule has 104 valence electrons. The molecule has 2 rings (SSSR count). The van der Waals surface area contributed by atoms with E-state index in [9.17, 15) is 4.79 Å². The number of benzene rings is 1. The lowest BCUT2D eigenvalue weighted by Gasteiger charge is -2.26. The number of hydrogen-bond acceptors (Lipinski definition) is 2. The zero-order valence-electron chi connectivity index (χ0n) is 10.9. The molecule has 0 aliphatic carbocycles.